The van der Waals surface area contributed by atoms with Crippen molar-refractivity contribution in [2.24, 2.45) is 13.0 Å². The molecule has 1 aliphatic heterocycles. The lowest BCUT2D eigenvalue weighted by molar-refractivity contribution is -0.119. The van der Waals surface area contributed by atoms with Crippen molar-refractivity contribution in [2.75, 3.05) is 11.9 Å². The molecule has 0 saturated carbocycles. The molecule has 0 bridgehead atoms. The summed E-state index contributed by atoms with van der Waals surface area (Å²) in [5.74, 6) is 0.147. The van der Waals surface area contributed by atoms with Gasteiger partial charge in [-0.05, 0) is 30.9 Å². The smallest absolute Gasteiger partial charge is 0.259 e. The van der Waals surface area contributed by atoms with Crippen LogP contribution in [-0.2, 0) is 24.8 Å². The Morgan fingerprint density at radius 2 is 2.15 bits per heavy atom. The van der Waals surface area contributed by atoms with E-state index >= 15 is 0 Å². The number of para-hydroxylation sites is 1. The number of hydrogen-bond acceptors (Lipinski definition) is 3. The van der Waals surface area contributed by atoms with E-state index in [1.807, 2.05) is 46.8 Å². The Morgan fingerprint density at radius 3 is 2.96 bits per heavy atom. The number of aryl methyl sites for hydroxylation is 2. The quantitative estimate of drug-likeness (QED) is 0.745. The van der Waals surface area contributed by atoms with E-state index in [-0.39, 0.29) is 11.8 Å². The number of rotatable bonds is 4. The first kappa shape index (κ1) is 17.3. The number of aromatic nitrogens is 3. The number of carbonyl (C=O) groups excluding carboxylic acids is 2. The monoisotopic (exact) mass is 365 g/mol. The zero-order valence-corrected chi connectivity index (χ0v) is 15.5. The topological polar surface area (TPSA) is 80.9 Å². The lowest BCUT2D eigenvalue weighted by Crippen LogP contribution is -2.32. The number of amides is 2. The third-order valence-corrected chi connectivity index (χ3v) is 5.21. The van der Waals surface area contributed by atoms with Crippen LogP contribution in [0.1, 0.15) is 29.4 Å². The van der Waals surface area contributed by atoms with Gasteiger partial charge in [-0.1, -0.05) is 12.1 Å². The van der Waals surface area contributed by atoms with Crippen LogP contribution >= 0.6 is 0 Å². The van der Waals surface area contributed by atoms with Gasteiger partial charge in [0.2, 0.25) is 5.91 Å². The van der Waals surface area contributed by atoms with Gasteiger partial charge in [0, 0.05) is 38.6 Å². The number of hydrogen-bond donors (Lipinski definition) is 2. The molecular weight excluding hydrogens is 342 g/mol. The average molecular weight is 365 g/mol. The second kappa shape index (κ2) is 6.90. The van der Waals surface area contributed by atoms with Crippen LogP contribution in [-0.4, -0.2) is 32.7 Å². The Bertz CT molecular complexity index is 1020. The summed E-state index contributed by atoms with van der Waals surface area (Å²) in [5, 5.41) is 11.4. The summed E-state index contributed by atoms with van der Waals surface area (Å²) in [6, 6.07) is 7.91. The van der Waals surface area contributed by atoms with E-state index in [4.69, 9.17) is 0 Å². The van der Waals surface area contributed by atoms with Gasteiger partial charge < -0.3 is 15.2 Å². The number of anilines is 1. The fourth-order valence-corrected chi connectivity index (χ4v) is 3.80. The summed E-state index contributed by atoms with van der Waals surface area (Å²) in [6.07, 6.45) is 5.31. The first-order valence-corrected chi connectivity index (χ1v) is 9.17. The van der Waals surface area contributed by atoms with Crippen molar-refractivity contribution in [1.29, 1.82) is 0 Å². The molecule has 1 aromatic carbocycles. The van der Waals surface area contributed by atoms with E-state index in [2.05, 4.69) is 15.7 Å². The van der Waals surface area contributed by atoms with Crippen molar-refractivity contribution >= 4 is 28.4 Å². The molecule has 1 aliphatic rings. The Labute approximate surface area is 157 Å². The summed E-state index contributed by atoms with van der Waals surface area (Å²) in [6.45, 7) is 2.92. The van der Waals surface area contributed by atoms with Gasteiger partial charge in [0.05, 0.1) is 28.7 Å². The molecule has 7 heteroatoms. The first-order chi connectivity index (χ1) is 13.0. The van der Waals surface area contributed by atoms with Crippen LogP contribution in [0.3, 0.4) is 0 Å². The van der Waals surface area contributed by atoms with Gasteiger partial charge in [-0.15, -0.1) is 0 Å². The Balaban J connectivity index is 1.56. The third kappa shape index (κ3) is 3.32. The second-order valence-electron chi connectivity index (χ2n) is 7.15. The molecule has 4 rings (SSSR count). The minimum Gasteiger partial charge on any atom is -0.356 e. The van der Waals surface area contributed by atoms with Crippen molar-refractivity contribution in [3.05, 3.63) is 47.9 Å². The van der Waals surface area contributed by atoms with Crippen LogP contribution in [0.2, 0.25) is 0 Å². The molecule has 0 saturated heterocycles. The molecule has 2 aromatic heterocycles. The molecule has 2 N–H and O–H groups in total. The van der Waals surface area contributed by atoms with Crippen molar-refractivity contribution in [2.45, 2.75) is 26.3 Å². The van der Waals surface area contributed by atoms with E-state index in [0.717, 1.165) is 41.7 Å². The molecule has 2 amide bonds. The maximum absolute atomic E-state index is 13.0. The van der Waals surface area contributed by atoms with Gasteiger partial charge in [0.25, 0.3) is 5.91 Å². The first-order valence-electron chi connectivity index (χ1n) is 9.17. The fraction of sp³-hybridized carbons (Fsp3) is 0.350. The van der Waals surface area contributed by atoms with Crippen LogP contribution in [0.5, 0.6) is 0 Å². The van der Waals surface area contributed by atoms with E-state index in [9.17, 15) is 9.59 Å². The zero-order valence-electron chi connectivity index (χ0n) is 15.5. The highest BCUT2D eigenvalue weighted by atomic mass is 16.2. The van der Waals surface area contributed by atoms with Crippen molar-refractivity contribution < 1.29 is 9.59 Å². The number of benzene rings is 1. The second-order valence-corrected chi connectivity index (χ2v) is 7.15. The van der Waals surface area contributed by atoms with Gasteiger partial charge in [-0.25, -0.2) is 0 Å². The normalized spacial score (nSPS) is 16.1. The van der Waals surface area contributed by atoms with E-state index in [1.54, 1.807) is 6.20 Å². The SMILES string of the molecule is CC(=O)NCC1CCn2ncc(C(=O)Nc3cccc4ccn(C)c34)c2C1. The maximum Gasteiger partial charge on any atom is 0.259 e. The lowest BCUT2D eigenvalue weighted by Gasteiger charge is -2.24. The molecule has 0 fully saturated rings. The molecule has 0 radical (unpaired) electrons. The molecule has 1 atom stereocenters. The minimum atomic E-state index is -0.148. The van der Waals surface area contributed by atoms with Gasteiger partial charge in [0.1, 0.15) is 0 Å². The van der Waals surface area contributed by atoms with Gasteiger partial charge in [0.15, 0.2) is 0 Å². The van der Waals surface area contributed by atoms with Crippen molar-refractivity contribution in [1.82, 2.24) is 19.7 Å². The number of nitrogens with zero attached hydrogens (tertiary/aromatic N) is 3. The van der Waals surface area contributed by atoms with Crippen LogP contribution in [0.25, 0.3) is 10.9 Å². The van der Waals surface area contributed by atoms with E-state index < -0.39 is 0 Å². The number of carbonyl (C=O) groups is 2. The van der Waals surface area contributed by atoms with Crippen LogP contribution < -0.4 is 10.6 Å². The molecular formula is C20H23N5O2. The minimum absolute atomic E-state index is 0.0253. The third-order valence-electron chi connectivity index (χ3n) is 5.21. The summed E-state index contributed by atoms with van der Waals surface area (Å²) < 4.78 is 3.91. The van der Waals surface area contributed by atoms with Crippen LogP contribution in [0.15, 0.2) is 36.7 Å². The molecule has 27 heavy (non-hydrogen) atoms. The van der Waals surface area contributed by atoms with Gasteiger partial charge in [-0.2, -0.15) is 5.10 Å². The van der Waals surface area contributed by atoms with E-state index in [1.165, 1.54) is 6.92 Å². The molecule has 7 nitrogen and oxygen atoms in total. The number of nitrogens with one attached hydrogen (secondary N) is 2. The number of fused-ring (bicyclic) bond motifs is 2. The summed E-state index contributed by atoms with van der Waals surface area (Å²) in [7, 11) is 1.96. The molecule has 1 unspecified atom stereocenters. The van der Waals surface area contributed by atoms with Crippen molar-refractivity contribution in [3.63, 3.8) is 0 Å². The Hall–Kier alpha value is -3.09. The van der Waals surface area contributed by atoms with Crippen LogP contribution in [0, 0.1) is 5.92 Å². The molecule has 140 valence electrons. The summed E-state index contributed by atoms with van der Waals surface area (Å²) in [5.41, 5.74) is 3.33. The highest BCUT2D eigenvalue weighted by Gasteiger charge is 2.25. The molecule has 3 heterocycles. The largest absolute Gasteiger partial charge is 0.356 e. The molecule has 0 aliphatic carbocycles. The standard InChI is InChI=1S/C20H23N5O2/c1-13(26)21-11-14-6-9-25-18(10-14)16(12-22-25)20(27)23-17-5-3-4-15-7-8-24(2)19(15)17/h3-5,7-8,12,14H,6,9-11H2,1-2H3,(H,21,26)(H,23,27). The zero-order chi connectivity index (χ0) is 19.0. The maximum atomic E-state index is 13.0. The highest BCUT2D eigenvalue weighted by molar-refractivity contribution is 6.09. The Kier molecular flexibility index (Phi) is 4.43. The van der Waals surface area contributed by atoms with Crippen LogP contribution in [0.4, 0.5) is 5.69 Å². The summed E-state index contributed by atoms with van der Waals surface area (Å²) >= 11 is 0. The Morgan fingerprint density at radius 1 is 1.30 bits per heavy atom. The van der Waals surface area contributed by atoms with Gasteiger partial charge in [-0.3, -0.25) is 14.3 Å². The summed E-state index contributed by atoms with van der Waals surface area (Å²) in [4.78, 5) is 24.1. The molecule has 3 aromatic rings. The highest BCUT2D eigenvalue weighted by Crippen LogP contribution is 2.26. The average Bonchev–Trinajstić information content (AvgIpc) is 3.24. The fourth-order valence-electron chi connectivity index (χ4n) is 3.80. The predicted octanol–water partition coefficient (Wildman–Crippen LogP) is 2.33. The van der Waals surface area contributed by atoms with Crippen molar-refractivity contribution in [3.8, 4) is 0 Å². The molecule has 0 spiro atoms. The van der Waals surface area contributed by atoms with E-state index in [0.29, 0.717) is 18.0 Å². The predicted molar refractivity (Wildman–Crippen MR) is 104 cm³/mol. The van der Waals surface area contributed by atoms with Gasteiger partial charge >= 0.3 is 0 Å². The lowest BCUT2D eigenvalue weighted by atomic mass is 9.94.